The van der Waals surface area contributed by atoms with Crippen molar-refractivity contribution in [3.63, 3.8) is 0 Å². The maximum absolute atomic E-state index is 12.5. The second-order valence-electron chi connectivity index (χ2n) is 6.87. The van der Waals surface area contributed by atoms with Crippen LogP contribution in [-0.4, -0.2) is 32.8 Å². The fourth-order valence-corrected chi connectivity index (χ4v) is 4.22. The molecule has 2 atom stereocenters. The predicted octanol–water partition coefficient (Wildman–Crippen LogP) is 2.35. The third-order valence-corrected chi connectivity index (χ3v) is 5.45. The van der Waals surface area contributed by atoms with E-state index < -0.39 is 0 Å². The van der Waals surface area contributed by atoms with Gasteiger partial charge in [0.05, 0.1) is 11.9 Å². The van der Waals surface area contributed by atoms with Gasteiger partial charge in [-0.3, -0.25) is 9.78 Å². The molecule has 2 aromatic heterocycles. The number of hydrogen-bond acceptors (Lipinski definition) is 4. The van der Waals surface area contributed by atoms with Gasteiger partial charge in [-0.05, 0) is 36.8 Å². The van der Waals surface area contributed by atoms with Crippen molar-refractivity contribution in [2.75, 3.05) is 18.0 Å². The van der Waals surface area contributed by atoms with Crippen molar-refractivity contribution < 1.29 is 0 Å². The minimum absolute atomic E-state index is 0.116. The van der Waals surface area contributed by atoms with Crippen molar-refractivity contribution in [1.82, 2.24) is 19.7 Å². The van der Waals surface area contributed by atoms with E-state index in [-0.39, 0.29) is 5.56 Å². The fraction of sp³-hybridized carbons (Fsp3) is 0.389. The van der Waals surface area contributed by atoms with Gasteiger partial charge < -0.3 is 4.90 Å². The minimum Gasteiger partial charge on any atom is -0.342 e. The molecule has 3 aromatic rings. The first-order chi connectivity index (χ1) is 11.8. The van der Waals surface area contributed by atoms with E-state index in [1.54, 1.807) is 10.9 Å². The highest BCUT2D eigenvalue weighted by Crippen LogP contribution is 2.38. The number of nitrogens with one attached hydrogen (secondary N) is 1. The maximum atomic E-state index is 12.5. The van der Waals surface area contributed by atoms with Crippen LogP contribution >= 0.6 is 0 Å². The lowest BCUT2D eigenvalue weighted by Gasteiger charge is -2.17. The number of aromatic nitrogens is 4. The quantitative estimate of drug-likeness (QED) is 0.787. The van der Waals surface area contributed by atoms with Crippen molar-refractivity contribution in [2.24, 2.45) is 11.8 Å². The highest BCUT2D eigenvalue weighted by molar-refractivity contribution is 5.76. The monoisotopic (exact) mass is 321 g/mol. The molecule has 24 heavy (non-hydrogen) atoms. The number of fused-ring (bicyclic) bond motifs is 2. The Balaban J connectivity index is 1.60. The predicted molar refractivity (Wildman–Crippen MR) is 92.5 cm³/mol. The molecule has 6 heteroatoms. The molecule has 3 heterocycles. The van der Waals surface area contributed by atoms with Crippen LogP contribution in [0.25, 0.3) is 16.7 Å². The Morgan fingerprint density at radius 2 is 1.83 bits per heavy atom. The van der Waals surface area contributed by atoms with Crippen molar-refractivity contribution >= 4 is 17.0 Å². The maximum Gasteiger partial charge on any atom is 0.263 e. The summed E-state index contributed by atoms with van der Waals surface area (Å²) >= 11 is 0. The van der Waals surface area contributed by atoms with E-state index in [0.717, 1.165) is 30.6 Å². The normalized spacial score (nSPS) is 23.1. The van der Waals surface area contributed by atoms with Gasteiger partial charge in [0.1, 0.15) is 5.39 Å². The van der Waals surface area contributed by atoms with E-state index in [1.807, 2.05) is 30.3 Å². The first-order valence-corrected chi connectivity index (χ1v) is 8.58. The molecule has 6 nitrogen and oxygen atoms in total. The molecule has 0 radical (unpaired) electrons. The molecule has 0 unspecified atom stereocenters. The fourth-order valence-electron chi connectivity index (χ4n) is 4.22. The highest BCUT2D eigenvalue weighted by Gasteiger charge is 2.37. The Morgan fingerprint density at radius 1 is 1.08 bits per heavy atom. The summed E-state index contributed by atoms with van der Waals surface area (Å²) in [7, 11) is 0. The lowest BCUT2D eigenvalue weighted by Crippen LogP contribution is -2.26. The highest BCUT2D eigenvalue weighted by atomic mass is 16.1. The van der Waals surface area contributed by atoms with Crippen LogP contribution in [0.2, 0.25) is 0 Å². The van der Waals surface area contributed by atoms with Gasteiger partial charge in [-0.15, -0.1) is 0 Å². The summed E-state index contributed by atoms with van der Waals surface area (Å²) in [5.74, 6) is 2.19. The Labute approximate surface area is 139 Å². The van der Waals surface area contributed by atoms with Crippen LogP contribution in [0.4, 0.5) is 5.95 Å². The summed E-state index contributed by atoms with van der Waals surface area (Å²) in [6, 6.07) is 9.81. The number of hydrogen-bond donors (Lipinski definition) is 1. The molecule has 2 aliphatic rings. The molecule has 1 aliphatic carbocycles. The Morgan fingerprint density at radius 3 is 2.58 bits per heavy atom. The first-order valence-electron chi connectivity index (χ1n) is 8.58. The second kappa shape index (κ2) is 5.19. The van der Waals surface area contributed by atoms with E-state index in [2.05, 4.69) is 15.0 Å². The Bertz CT molecular complexity index is 933. The van der Waals surface area contributed by atoms with Crippen LogP contribution in [0.3, 0.4) is 0 Å². The molecule has 1 saturated heterocycles. The Hall–Kier alpha value is -2.63. The van der Waals surface area contributed by atoms with Crippen molar-refractivity contribution in [3.8, 4) is 5.69 Å². The van der Waals surface area contributed by atoms with Gasteiger partial charge in [-0.1, -0.05) is 24.6 Å². The standard InChI is InChI=1S/C18H19N5O/c24-17-15-9-19-23(14-7-2-1-3-8-14)16(15)20-18(21-17)22-10-12-5-4-6-13(12)11-22/h1-3,7-9,12-13H,4-6,10-11H2,(H,20,21,24)/t12-,13+. The molecule has 5 rings (SSSR count). The third kappa shape index (κ3) is 2.06. The molecule has 0 amide bonds. The van der Waals surface area contributed by atoms with Gasteiger partial charge in [0.25, 0.3) is 5.56 Å². The zero-order chi connectivity index (χ0) is 16.1. The summed E-state index contributed by atoms with van der Waals surface area (Å²) in [5.41, 5.74) is 1.42. The lowest BCUT2D eigenvalue weighted by atomic mass is 10.0. The van der Waals surface area contributed by atoms with E-state index in [1.165, 1.54) is 19.3 Å². The molecule has 0 bridgehead atoms. The molecule has 122 valence electrons. The topological polar surface area (TPSA) is 66.8 Å². The third-order valence-electron chi connectivity index (χ3n) is 5.45. The molecule has 1 saturated carbocycles. The summed E-state index contributed by atoms with van der Waals surface area (Å²) < 4.78 is 1.74. The van der Waals surface area contributed by atoms with Gasteiger partial charge in [-0.2, -0.15) is 10.1 Å². The number of rotatable bonds is 2. The van der Waals surface area contributed by atoms with Gasteiger partial charge in [0.15, 0.2) is 5.65 Å². The summed E-state index contributed by atoms with van der Waals surface area (Å²) in [6.45, 7) is 2.00. The van der Waals surface area contributed by atoms with Gasteiger partial charge in [0, 0.05) is 13.1 Å². The second-order valence-corrected chi connectivity index (χ2v) is 6.87. The van der Waals surface area contributed by atoms with Crippen LogP contribution in [0.1, 0.15) is 19.3 Å². The molecule has 0 spiro atoms. The van der Waals surface area contributed by atoms with Crippen molar-refractivity contribution in [3.05, 3.63) is 46.9 Å². The molecule has 1 N–H and O–H groups in total. The van der Waals surface area contributed by atoms with Crippen LogP contribution in [0.5, 0.6) is 0 Å². The smallest absolute Gasteiger partial charge is 0.263 e. The van der Waals surface area contributed by atoms with Gasteiger partial charge >= 0.3 is 0 Å². The van der Waals surface area contributed by atoms with Crippen LogP contribution in [0.15, 0.2) is 41.3 Å². The zero-order valence-electron chi connectivity index (χ0n) is 13.4. The summed E-state index contributed by atoms with van der Waals surface area (Å²) in [6.07, 6.45) is 5.54. The average molecular weight is 321 g/mol. The Kier molecular flexibility index (Phi) is 2.98. The molecule has 2 fully saturated rings. The first kappa shape index (κ1) is 13.8. The minimum atomic E-state index is -0.116. The number of anilines is 1. The van der Waals surface area contributed by atoms with E-state index >= 15 is 0 Å². The largest absolute Gasteiger partial charge is 0.342 e. The molecule has 1 aromatic carbocycles. The number of benzene rings is 1. The summed E-state index contributed by atoms with van der Waals surface area (Å²) in [5, 5.41) is 4.90. The van der Waals surface area contributed by atoms with Gasteiger partial charge in [0.2, 0.25) is 5.95 Å². The number of para-hydroxylation sites is 1. The molecular formula is C18H19N5O. The van der Waals surface area contributed by atoms with Crippen LogP contribution in [0, 0.1) is 11.8 Å². The van der Waals surface area contributed by atoms with Gasteiger partial charge in [-0.25, -0.2) is 4.68 Å². The van der Waals surface area contributed by atoms with E-state index in [0.29, 0.717) is 17.0 Å². The number of H-pyrrole nitrogens is 1. The van der Waals surface area contributed by atoms with E-state index in [9.17, 15) is 4.79 Å². The number of aromatic amines is 1. The van der Waals surface area contributed by atoms with Crippen LogP contribution in [-0.2, 0) is 0 Å². The lowest BCUT2D eigenvalue weighted by molar-refractivity contribution is 0.494. The van der Waals surface area contributed by atoms with Crippen molar-refractivity contribution in [2.45, 2.75) is 19.3 Å². The molecular weight excluding hydrogens is 302 g/mol. The SMILES string of the molecule is O=c1[nH]c(N2C[C@H]3CCC[C@H]3C2)nc2c1cnn2-c1ccccc1. The summed E-state index contributed by atoms with van der Waals surface area (Å²) in [4.78, 5) is 22.4. The zero-order valence-corrected chi connectivity index (χ0v) is 13.4. The van der Waals surface area contributed by atoms with Crippen LogP contribution < -0.4 is 10.5 Å². The van der Waals surface area contributed by atoms with Crippen molar-refractivity contribution in [1.29, 1.82) is 0 Å². The average Bonchev–Trinajstić information content (AvgIpc) is 3.29. The van der Waals surface area contributed by atoms with E-state index in [4.69, 9.17) is 4.98 Å². The molecule has 1 aliphatic heterocycles. The number of nitrogens with zero attached hydrogens (tertiary/aromatic N) is 4.